The number of aromatic hydroxyl groups is 1. The van der Waals surface area contributed by atoms with Crippen LogP contribution in [0.2, 0.25) is 0 Å². The predicted octanol–water partition coefficient (Wildman–Crippen LogP) is 7.90. The summed E-state index contributed by atoms with van der Waals surface area (Å²) in [6.45, 7) is 8.68. The highest BCUT2D eigenvalue weighted by Gasteiger charge is 2.22. The van der Waals surface area contributed by atoms with E-state index in [0.29, 0.717) is 0 Å². The number of rotatable bonds is 2. The molecule has 0 spiro atoms. The molecule has 0 fully saturated rings. The van der Waals surface area contributed by atoms with Crippen molar-refractivity contribution in [3.63, 3.8) is 0 Å². The van der Waals surface area contributed by atoms with Crippen LogP contribution in [-0.4, -0.2) is 10.1 Å². The summed E-state index contributed by atoms with van der Waals surface area (Å²) in [6.07, 6.45) is 5.65. The molecule has 1 N–H and O–H groups in total. The van der Waals surface area contributed by atoms with E-state index in [-0.39, 0.29) is 11.2 Å². The molecule has 0 aliphatic carbocycles. The first-order chi connectivity index (χ1) is 14.4. The molecule has 5 rings (SSSR count). The number of phenols is 1. The summed E-state index contributed by atoms with van der Waals surface area (Å²) >= 11 is 1.78. The van der Waals surface area contributed by atoms with Crippen molar-refractivity contribution in [1.82, 2.24) is 4.98 Å². The standard InChI is InChI=1S/C26H23NO2S/c1-5-6-17-19(28)7-8-20-22(17)23-21(29-20)9-11-27-24(23)16-13-15-10-12-30-25(15)18(14-16)26(2,3)4/h5-14,28H,1-4H3/b6-5+. The summed E-state index contributed by atoms with van der Waals surface area (Å²) in [6, 6.07) is 12.0. The van der Waals surface area contributed by atoms with Crippen LogP contribution in [0.3, 0.4) is 0 Å². The quantitative estimate of drug-likeness (QED) is 0.320. The molecule has 30 heavy (non-hydrogen) atoms. The van der Waals surface area contributed by atoms with Gasteiger partial charge in [-0.05, 0) is 65.1 Å². The first-order valence-electron chi connectivity index (χ1n) is 10.1. The second-order valence-corrected chi connectivity index (χ2v) is 9.54. The Bertz CT molecular complexity index is 1450. The van der Waals surface area contributed by atoms with E-state index in [4.69, 9.17) is 9.40 Å². The van der Waals surface area contributed by atoms with Crippen LogP contribution in [-0.2, 0) is 5.41 Å². The minimum absolute atomic E-state index is 0.0137. The Morgan fingerprint density at radius 2 is 1.83 bits per heavy atom. The van der Waals surface area contributed by atoms with E-state index in [1.807, 2.05) is 31.2 Å². The average Bonchev–Trinajstić information content (AvgIpc) is 3.32. The fourth-order valence-electron chi connectivity index (χ4n) is 4.15. The SMILES string of the molecule is C/C=C/c1c(O)ccc2oc3ccnc(-c4cc(C(C)(C)C)c5sccc5c4)c3c12. The Labute approximate surface area is 179 Å². The molecule has 0 saturated heterocycles. The van der Waals surface area contributed by atoms with Gasteiger partial charge in [-0.25, -0.2) is 0 Å². The lowest BCUT2D eigenvalue weighted by Crippen LogP contribution is -2.11. The van der Waals surface area contributed by atoms with E-state index in [0.717, 1.165) is 38.8 Å². The Balaban J connectivity index is 1.92. The highest BCUT2D eigenvalue weighted by atomic mass is 32.1. The van der Waals surface area contributed by atoms with Crippen LogP contribution >= 0.6 is 11.3 Å². The molecule has 3 heterocycles. The maximum absolute atomic E-state index is 10.5. The zero-order valence-electron chi connectivity index (χ0n) is 17.5. The number of pyridine rings is 1. The zero-order valence-corrected chi connectivity index (χ0v) is 18.3. The third-order valence-electron chi connectivity index (χ3n) is 5.53. The minimum Gasteiger partial charge on any atom is -0.507 e. The molecule has 3 aromatic heterocycles. The summed E-state index contributed by atoms with van der Waals surface area (Å²) < 4.78 is 7.47. The molecule has 0 aliphatic rings. The van der Waals surface area contributed by atoms with Gasteiger partial charge in [-0.2, -0.15) is 0 Å². The number of benzene rings is 2. The van der Waals surface area contributed by atoms with Crippen LogP contribution in [0.4, 0.5) is 0 Å². The summed E-state index contributed by atoms with van der Waals surface area (Å²) in [5.41, 5.74) is 5.55. The van der Waals surface area contributed by atoms with Gasteiger partial charge in [0, 0.05) is 27.4 Å². The van der Waals surface area contributed by atoms with Crippen molar-refractivity contribution in [1.29, 1.82) is 0 Å². The van der Waals surface area contributed by atoms with Gasteiger partial charge >= 0.3 is 0 Å². The molecule has 0 amide bonds. The van der Waals surface area contributed by atoms with Gasteiger partial charge in [0.1, 0.15) is 16.9 Å². The Kier molecular flexibility index (Phi) is 4.23. The number of aromatic nitrogens is 1. The van der Waals surface area contributed by atoms with Gasteiger partial charge in [-0.15, -0.1) is 11.3 Å². The van der Waals surface area contributed by atoms with Crippen molar-refractivity contribution >= 4 is 49.4 Å². The Morgan fingerprint density at radius 3 is 2.60 bits per heavy atom. The lowest BCUT2D eigenvalue weighted by molar-refractivity contribution is 0.474. The van der Waals surface area contributed by atoms with E-state index >= 15 is 0 Å². The number of thiophene rings is 1. The second-order valence-electron chi connectivity index (χ2n) is 8.62. The average molecular weight is 414 g/mol. The minimum atomic E-state index is 0.0137. The van der Waals surface area contributed by atoms with Crippen LogP contribution in [0.5, 0.6) is 5.75 Å². The van der Waals surface area contributed by atoms with E-state index in [9.17, 15) is 5.11 Å². The van der Waals surface area contributed by atoms with E-state index in [1.165, 1.54) is 15.6 Å². The first-order valence-corrected chi connectivity index (χ1v) is 10.9. The van der Waals surface area contributed by atoms with Gasteiger partial charge < -0.3 is 9.52 Å². The normalized spacial score (nSPS) is 12.7. The van der Waals surface area contributed by atoms with Crippen molar-refractivity contribution in [3.05, 3.63) is 65.2 Å². The lowest BCUT2D eigenvalue weighted by atomic mass is 9.84. The molecule has 4 heteroatoms. The van der Waals surface area contributed by atoms with Gasteiger partial charge in [-0.1, -0.05) is 32.9 Å². The molecule has 0 aliphatic heterocycles. The maximum atomic E-state index is 10.5. The first kappa shape index (κ1) is 18.9. The number of hydrogen-bond acceptors (Lipinski definition) is 4. The van der Waals surface area contributed by atoms with Crippen LogP contribution in [0, 0.1) is 0 Å². The largest absolute Gasteiger partial charge is 0.507 e. The van der Waals surface area contributed by atoms with Gasteiger partial charge in [0.25, 0.3) is 0 Å². The number of furan rings is 1. The number of phenolic OH excluding ortho intramolecular Hbond substituents is 1. The molecular weight excluding hydrogens is 390 g/mol. The van der Waals surface area contributed by atoms with Crippen LogP contribution in [0.1, 0.15) is 38.8 Å². The monoisotopic (exact) mass is 413 g/mol. The summed E-state index contributed by atoms with van der Waals surface area (Å²) in [4.78, 5) is 4.78. The van der Waals surface area contributed by atoms with Gasteiger partial charge in [0.15, 0.2) is 0 Å². The van der Waals surface area contributed by atoms with Crippen molar-refractivity contribution in [2.24, 2.45) is 0 Å². The van der Waals surface area contributed by atoms with Crippen LogP contribution < -0.4 is 0 Å². The zero-order chi connectivity index (χ0) is 21.0. The van der Waals surface area contributed by atoms with Crippen molar-refractivity contribution in [3.8, 4) is 17.0 Å². The van der Waals surface area contributed by atoms with Crippen molar-refractivity contribution in [2.75, 3.05) is 0 Å². The molecular formula is C26H23NO2S. The fourth-order valence-corrected chi connectivity index (χ4v) is 5.26. The number of nitrogens with zero attached hydrogens (tertiary/aromatic N) is 1. The Morgan fingerprint density at radius 1 is 1.03 bits per heavy atom. The second kappa shape index (κ2) is 6.71. The smallest absolute Gasteiger partial charge is 0.139 e. The van der Waals surface area contributed by atoms with Crippen molar-refractivity contribution in [2.45, 2.75) is 33.1 Å². The van der Waals surface area contributed by atoms with E-state index in [1.54, 1.807) is 23.6 Å². The van der Waals surface area contributed by atoms with Crippen molar-refractivity contribution < 1.29 is 9.52 Å². The molecule has 0 atom stereocenters. The third-order valence-corrected chi connectivity index (χ3v) is 6.50. The number of hydrogen-bond donors (Lipinski definition) is 1. The highest BCUT2D eigenvalue weighted by Crippen LogP contribution is 2.43. The summed E-state index contributed by atoms with van der Waals surface area (Å²) in [5.74, 6) is 0.238. The topological polar surface area (TPSA) is 46.3 Å². The lowest BCUT2D eigenvalue weighted by Gasteiger charge is -2.21. The maximum Gasteiger partial charge on any atom is 0.139 e. The van der Waals surface area contributed by atoms with Crippen LogP contribution in [0.25, 0.3) is 49.4 Å². The highest BCUT2D eigenvalue weighted by molar-refractivity contribution is 7.17. The molecule has 5 aromatic rings. The number of allylic oxidation sites excluding steroid dienone is 1. The van der Waals surface area contributed by atoms with Gasteiger partial charge in [-0.3, -0.25) is 4.98 Å². The van der Waals surface area contributed by atoms with Crippen LogP contribution in [0.15, 0.2) is 58.5 Å². The molecule has 3 nitrogen and oxygen atoms in total. The predicted molar refractivity (Wildman–Crippen MR) is 127 cm³/mol. The summed E-state index contributed by atoms with van der Waals surface area (Å²) in [5, 5.41) is 15.7. The third kappa shape index (κ3) is 2.83. The molecule has 2 aromatic carbocycles. The molecule has 0 saturated carbocycles. The van der Waals surface area contributed by atoms with Gasteiger partial charge in [0.05, 0.1) is 11.1 Å². The molecule has 0 unspecified atom stereocenters. The molecule has 0 bridgehead atoms. The van der Waals surface area contributed by atoms with E-state index < -0.39 is 0 Å². The van der Waals surface area contributed by atoms with Gasteiger partial charge in [0.2, 0.25) is 0 Å². The fraction of sp³-hybridized carbons (Fsp3) is 0.192. The number of fused-ring (bicyclic) bond motifs is 4. The summed E-state index contributed by atoms with van der Waals surface area (Å²) in [7, 11) is 0. The molecule has 150 valence electrons. The van der Waals surface area contributed by atoms with E-state index in [2.05, 4.69) is 44.4 Å². The Hall–Kier alpha value is -3.11. The molecule has 0 radical (unpaired) electrons.